The van der Waals surface area contributed by atoms with Crippen LogP contribution >= 0.6 is 0 Å². The molecule has 0 radical (unpaired) electrons. The van der Waals surface area contributed by atoms with Gasteiger partial charge in [-0.05, 0) is 43.4 Å². The quantitative estimate of drug-likeness (QED) is 0.867. The smallest absolute Gasteiger partial charge is 0.261 e. The Kier molecular flexibility index (Phi) is 5.44. The first kappa shape index (κ1) is 18.9. The topological polar surface area (TPSA) is 93.5 Å². The van der Waals surface area contributed by atoms with Crippen molar-refractivity contribution in [2.45, 2.75) is 4.90 Å². The molecule has 1 fully saturated rings. The molecule has 27 heavy (non-hydrogen) atoms. The predicted octanol–water partition coefficient (Wildman–Crippen LogP) is 1.75. The Morgan fingerprint density at radius 3 is 2.48 bits per heavy atom. The Labute approximate surface area is 158 Å². The molecule has 2 aromatic rings. The van der Waals surface area contributed by atoms with E-state index in [1.54, 1.807) is 35.2 Å². The van der Waals surface area contributed by atoms with Gasteiger partial charge in [-0.2, -0.15) is 5.26 Å². The van der Waals surface area contributed by atoms with E-state index in [0.29, 0.717) is 29.9 Å². The Hall–Kier alpha value is -2.89. The number of benzene rings is 2. The van der Waals surface area contributed by atoms with Gasteiger partial charge in [0.1, 0.15) is 0 Å². The summed E-state index contributed by atoms with van der Waals surface area (Å²) >= 11 is 0. The molecule has 1 amide bonds. The number of carbonyl (C=O) groups excluding carboxylic acids is 1. The van der Waals surface area contributed by atoms with Gasteiger partial charge in [0.05, 0.1) is 22.2 Å². The molecule has 1 N–H and O–H groups in total. The Morgan fingerprint density at radius 2 is 1.78 bits per heavy atom. The average Bonchev–Trinajstić information content (AvgIpc) is 2.68. The summed E-state index contributed by atoms with van der Waals surface area (Å²) in [6.07, 6.45) is 0. The monoisotopic (exact) mass is 384 g/mol. The van der Waals surface area contributed by atoms with Gasteiger partial charge in [0.25, 0.3) is 15.9 Å². The molecule has 0 atom stereocenters. The highest BCUT2D eigenvalue weighted by Gasteiger charge is 2.22. The normalized spacial score (nSPS) is 15.2. The van der Waals surface area contributed by atoms with Gasteiger partial charge in [-0.3, -0.25) is 9.52 Å². The van der Waals surface area contributed by atoms with E-state index < -0.39 is 10.0 Å². The van der Waals surface area contributed by atoms with Crippen molar-refractivity contribution < 1.29 is 13.2 Å². The maximum atomic E-state index is 12.7. The van der Waals surface area contributed by atoms with Crippen LogP contribution in [-0.2, 0) is 10.0 Å². The predicted molar refractivity (Wildman–Crippen MR) is 102 cm³/mol. The molecule has 0 saturated carbocycles. The molecule has 0 bridgehead atoms. The second-order valence-corrected chi connectivity index (χ2v) is 8.10. The fraction of sp³-hybridized carbons (Fsp3) is 0.263. The second-order valence-electron chi connectivity index (χ2n) is 6.42. The van der Waals surface area contributed by atoms with Crippen molar-refractivity contribution in [3.63, 3.8) is 0 Å². The van der Waals surface area contributed by atoms with Crippen LogP contribution in [0.1, 0.15) is 15.9 Å². The third-order valence-corrected chi connectivity index (χ3v) is 5.80. The van der Waals surface area contributed by atoms with Gasteiger partial charge in [0.2, 0.25) is 0 Å². The minimum absolute atomic E-state index is 0.00448. The summed E-state index contributed by atoms with van der Waals surface area (Å²) in [6, 6.07) is 14.2. The molecule has 0 aromatic heterocycles. The van der Waals surface area contributed by atoms with Crippen molar-refractivity contribution in [2.24, 2.45) is 0 Å². The third-order valence-electron chi connectivity index (χ3n) is 4.43. The molecular weight excluding hydrogens is 364 g/mol. The van der Waals surface area contributed by atoms with Crippen LogP contribution in [0.3, 0.4) is 0 Å². The molecule has 140 valence electrons. The summed E-state index contributed by atoms with van der Waals surface area (Å²) in [5, 5.41) is 8.94. The van der Waals surface area contributed by atoms with Crippen LogP contribution in [0.5, 0.6) is 0 Å². The van der Waals surface area contributed by atoms with Gasteiger partial charge < -0.3 is 9.80 Å². The van der Waals surface area contributed by atoms with Crippen molar-refractivity contribution in [1.82, 2.24) is 9.80 Å². The molecular formula is C19H20N4O3S. The van der Waals surface area contributed by atoms with E-state index in [9.17, 15) is 13.2 Å². The highest BCUT2D eigenvalue weighted by Crippen LogP contribution is 2.19. The van der Waals surface area contributed by atoms with Gasteiger partial charge in [0.15, 0.2) is 0 Å². The number of amides is 1. The number of likely N-dealkylation sites (N-methyl/N-ethyl adjacent to an activating group) is 1. The van der Waals surface area contributed by atoms with Crippen LogP contribution in [-0.4, -0.2) is 57.4 Å². The molecule has 8 heteroatoms. The lowest BCUT2D eigenvalue weighted by Gasteiger charge is -2.32. The number of hydrogen-bond donors (Lipinski definition) is 1. The van der Waals surface area contributed by atoms with Crippen molar-refractivity contribution in [3.05, 3.63) is 59.7 Å². The Bertz CT molecular complexity index is 990. The van der Waals surface area contributed by atoms with Gasteiger partial charge in [-0.1, -0.05) is 12.1 Å². The molecule has 0 spiro atoms. The fourth-order valence-electron chi connectivity index (χ4n) is 2.85. The number of anilines is 1. The highest BCUT2D eigenvalue weighted by atomic mass is 32.2. The molecule has 0 aliphatic carbocycles. The molecule has 1 aliphatic rings. The van der Waals surface area contributed by atoms with E-state index in [1.807, 2.05) is 13.1 Å². The molecule has 2 aromatic carbocycles. The minimum Gasteiger partial charge on any atom is -0.336 e. The molecule has 7 nitrogen and oxygen atoms in total. The van der Waals surface area contributed by atoms with Gasteiger partial charge >= 0.3 is 0 Å². The van der Waals surface area contributed by atoms with Crippen LogP contribution in [0, 0.1) is 11.3 Å². The second kappa shape index (κ2) is 7.78. The first-order valence-corrected chi connectivity index (χ1v) is 9.98. The number of sulfonamides is 1. The lowest BCUT2D eigenvalue weighted by atomic mass is 10.2. The standard InChI is InChI=1S/C19H20N4O3S/c1-22-8-10-23(11-9-22)19(24)16-5-3-7-18(13-16)27(25,26)21-17-6-2-4-15(12-17)14-20/h2-7,12-13,21H,8-11H2,1H3. The summed E-state index contributed by atoms with van der Waals surface area (Å²) < 4.78 is 27.8. The maximum Gasteiger partial charge on any atom is 0.261 e. The van der Waals surface area contributed by atoms with Crippen LogP contribution in [0.15, 0.2) is 53.4 Å². The van der Waals surface area contributed by atoms with E-state index >= 15 is 0 Å². The average molecular weight is 384 g/mol. The molecule has 0 unspecified atom stereocenters. The Balaban J connectivity index is 1.81. The zero-order chi connectivity index (χ0) is 19.4. The third kappa shape index (κ3) is 4.45. The molecule has 3 rings (SSSR count). The van der Waals surface area contributed by atoms with E-state index in [4.69, 9.17) is 5.26 Å². The first-order valence-electron chi connectivity index (χ1n) is 8.50. The van der Waals surface area contributed by atoms with E-state index in [2.05, 4.69) is 9.62 Å². The number of rotatable bonds is 4. The maximum absolute atomic E-state index is 12.7. The summed E-state index contributed by atoms with van der Waals surface area (Å²) in [4.78, 5) is 16.6. The highest BCUT2D eigenvalue weighted by molar-refractivity contribution is 7.92. The van der Waals surface area contributed by atoms with Crippen LogP contribution < -0.4 is 4.72 Å². The summed E-state index contributed by atoms with van der Waals surface area (Å²) in [7, 11) is -1.87. The molecule has 1 aliphatic heterocycles. The van der Waals surface area contributed by atoms with Gasteiger partial charge in [-0.15, -0.1) is 0 Å². The van der Waals surface area contributed by atoms with Crippen molar-refractivity contribution in [3.8, 4) is 6.07 Å². The van der Waals surface area contributed by atoms with Gasteiger partial charge in [-0.25, -0.2) is 8.42 Å². The number of nitrogens with zero attached hydrogens (tertiary/aromatic N) is 3. The van der Waals surface area contributed by atoms with Gasteiger partial charge in [0, 0.05) is 31.7 Å². The lowest BCUT2D eigenvalue weighted by molar-refractivity contribution is 0.0664. The van der Waals surface area contributed by atoms with E-state index in [-0.39, 0.29) is 10.8 Å². The van der Waals surface area contributed by atoms with Crippen LogP contribution in [0.2, 0.25) is 0 Å². The zero-order valence-electron chi connectivity index (χ0n) is 14.9. The number of nitriles is 1. The SMILES string of the molecule is CN1CCN(C(=O)c2cccc(S(=O)(=O)Nc3cccc(C#N)c3)c2)CC1. The summed E-state index contributed by atoms with van der Waals surface area (Å²) in [5.74, 6) is -0.174. The fourth-order valence-corrected chi connectivity index (χ4v) is 3.95. The van der Waals surface area contributed by atoms with Crippen LogP contribution in [0.4, 0.5) is 5.69 Å². The first-order chi connectivity index (χ1) is 12.9. The molecule has 1 heterocycles. The number of hydrogen-bond acceptors (Lipinski definition) is 5. The van der Waals surface area contributed by atoms with Crippen molar-refractivity contribution in [2.75, 3.05) is 37.9 Å². The van der Waals surface area contributed by atoms with E-state index in [0.717, 1.165) is 13.1 Å². The number of piperazine rings is 1. The number of nitrogens with one attached hydrogen (secondary N) is 1. The minimum atomic E-state index is -3.87. The lowest BCUT2D eigenvalue weighted by Crippen LogP contribution is -2.47. The van der Waals surface area contributed by atoms with Crippen molar-refractivity contribution in [1.29, 1.82) is 5.26 Å². The number of carbonyl (C=O) groups is 1. The Morgan fingerprint density at radius 1 is 1.07 bits per heavy atom. The zero-order valence-corrected chi connectivity index (χ0v) is 15.7. The van der Waals surface area contributed by atoms with Crippen LogP contribution in [0.25, 0.3) is 0 Å². The summed E-state index contributed by atoms with van der Waals surface area (Å²) in [5.41, 5.74) is 0.993. The molecule has 1 saturated heterocycles. The van der Waals surface area contributed by atoms with Crippen molar-refractivity contribution >= 4 is 21.6 Å². The summed E-state index contributed by atoms with van der Waals surface area (Å²) in [6.45, 7) is 2.82. The largest absolute Gasteiger partial charge is 0.336 e. The van der Waals surface area contributed by atoms with E-state index in [1.165, 1.54) is 18.2 Å².